The van der Waals surface area contributed by atoms with E-state index in [9.17, 15) is 4.79 Å². The number of aryl methyl sites for hydroxylation is 2. The molecule has 2 atom stereocenters. The number of aromatic nitrogens is 5. The van der Waals surface area contributed by atoms with Crippen LogP contribution in [0.3, 0.4) is 0 Å². The van der Waals surface area contributed by atoms with Crippen LogP contribution in [0.4, 0.5) is 5.82 Å². The second-order valence-electron chi connectivity index (χ2n) is 7.40. The van der Waals surface area contributed by atoms with Gasteiger partial charge in [0.1, 0.15) is 17.6 Å². The number of hydrogen-bond acceptors (Lipinski definition) is 7. The minimum absolute atomic E-state index is 0.0304. The Morgan fingerprint density at radius 1 is 1.22 bits per heavy atom. The summed E-state index contributed by atoms with van der Waals surface area (Å²) in [6.45, 7) is 5.79. The maximum atomic E-state index is 13.1. The van der Waals surface area contributed by atoms with Gasteiger partial charge < -0.3 is 19.3 Å². The molecule has 0 aromatic carbocycles. The minimum atomic E-state index is -0.0304. The third-order valence-corrected chi connectivity index (χ3v) is 5.81. The maximum Gasteiger partial charge on any atom is 0.228 e. The fourth-order valence-corrected chi connectivity index (χ4v) is 4.31. The zero-order chi connectivity index (χ0) is 18.5. The molecule has 9 heteroatoms. The van der Waals surface area contributed by atoms with Crippen LogP contribution < -0.4 is 4.90 Å². The van der Waals surface area contributed by atoms with Crippen LogP contribution in [0, 0.1) is 19.8 Å². The Morgan fingerprint density at radius 3 is 2.93 bits per heavy atom. The number of rotatable bonds is 3. The Bertz CT molecular complexity index is 991. The summed E-state index contributed by atoms with van der Waals surface area (Å²) in [4.78, 5) is 33.4. The van der Waals surface area contributed by atoms with Crippen molar-refractivity contribution in [2.24, 2.45) is 5.92 Å². The van der Waals surface area contributed by atoms with E-state index in [1.54, 1.807) is 6.33 Å². The summed E-state index contributed by atoms with van der Waals surface area (Å²) in [5, 5.41) is 4.03. The molecule has 9 nitrogen and oxygen atoms in total. The maximum absolute atomic E-state index is 13.1. The molecule has 140 valence electrons. The number of fused-ring (bicyclic) bond motifs is 5. The summed E-state index contributed by atoms with van der Waals surface area (Å²) in [7, 11) is 0. The average molecular weight is 367 g/mol. The number of carbonyl (C=O) groups is 1. The number of H-pyrrole nitrogens is 1. The SMILES string of the molecule is Cc1noc(C)c1CN1C(=O)[C@H]2CC[C@@H]1CN(c1ncnc3nc[nH]c13)C2. The van der Waals surface area contributed by atoms with Crippen LogP contribution >= 0.6 is 0 Å². The van der Waals surface area contributed by atoms with Gasteiger partial charge in [-0.3, -0.25) is 4.79 Å². The fourth-order valence-electron chi connectivity index (χ4n) is 4.31. The van der Waals surface area contributed by atoms with Gasteiger partial charge in [-0.1, -0.05) is 5.16 Å². The molecule has 3 aliphatic rings. The van der Waals surface area contributed by atoms with Crippen molar-refractivity contribution in [2.75, 3.05) is 18.0 Å². The normalized spacial score (nSPS) is 22.7. The highest BCUT2D eigenvalue weighted by Crippen LogP contribution is 2.34. The molecular formula is C18H21N7O2. The first-order valence-corrected chi connectivity index (χ1v) is 9.23. The minimum Gasteiger partial charge on any atom is -0.361 e. The van der Waals surface area contributed by atoms with E-state index in [-0.39, 0.29) is 17.9 Å². The van der Waals surface area contributed by atoms with E-state index >= 15 is 0 Å². The Morgan fingerprint density at radius 2 is 2.11 bits per heavy atom. The molecule has 3 aromatic heterocycles. The second-order valence-corrected chi connectivity index (χ2v) is 7.40. The molecule has 2 bridgehead atoms. The summed E-state index contributed by atoms with van der Waals surface area (Å²) in [6, 6.07) is 0.137. The molecule has 0 spiro atoms. The van der Waals surface area contributed by atoms with Crippen molar-refractivity contribution < 1.29 is 9.32 Å². The lowest BCUT2D eigenvalue weighted by Crippen LogP contribution is -2.47. The first-order valence-electron chi connectivity index (χ1n) is 9.23. The lowest BCUT2D eigenvalue weighted by Gasteiger charge is -2.35. The largest absolute Gasteiger partial charge is 0.361 e. The Balaban J connectivity index is 1.48. The van der Waals surface area contributed by atoms with Gasteiger partial charge in [-0.25, -0.2) is 15.0 Å². The predicted octanol–water partition coefficient (Wildman–Crippen LogP) is 1.59. The molecule has 3 aromatic rings. The quantitative estimate of drug-likeness (QED) is 0.749. The molecule has 1 N–H and O–H groups in total. The lowest BCUT2D eigenvalue weighted by molar-refractivity contribution is -0.140. The molecule has 6 heterocycles. The zero-order valence-electron chi connectivity index (χ0n) is 15.3. The molecule has 3 fully saturated rings. The van der Waals surface area contributed by atoms with Crippen molar-refractivity contribution in [1.82, 2.24) is 30.0 Å². The summed E-state index contributed by atoms with van der Waals surface area (Å²) in [5.41, 5.74) is 3.34. The van der Waals surface area contributed by atoms with Crippen LogP contribution in [0.25, 0.3) is 11.2 Å². The average Bonchev–Trinajstić information content (AvgIpc) is 3.16. The third kappa shape index (κ3) is 2.56. The van der Waals surface area contributed by atoms with E-state index in [0.29, 0.717) is 18.7 Å². The number of amides is 1. The van der Waals surface area contributed by atoms with Crippen LogP contribution in [0.15, 0.2) is 17.2 Å². The van der Waals surface area contributed by atoms with E-state index in [4.69, 9.17) is 4.52 Å². The van der Waals surface area contributed by atoms with Crippen LogP contribution in [0.5, 0.6) is 0 Å². The molecule has 0 radical (unpaired) electrons. The Kier molecular flexibility index (Phi) is 3.63. The number of piperidine rings is 1. The van der Waals surface area contributed by atoms with Gasteiger partial charge in [-0.2, -0.15) is 0 Å². The Labute approximate surface area is 155 Å². The molecule has 0 saturated carbocycles. The summed E-state index contributed by atoms with van der Waals surface area (Å²) < 4.78 is 5.29. The van der Waals surface area contributed by atoms with Crippen LogP contribution in [0.2, 0.25) is 0 Å². The Hall–Kier alpha value is -2.97. The molecule has 6 rings (SSSR count). The lowest BCUT2D eigenvalue weighted by atomic mass is 9.93. The van der Waals surface area contributed by atoms with Crippen molar-refractivity contribution >= 4 is 22.9 Å². The van der Waals surface area contributed by atoms with E-state index in [1.807, 2.05) is 18.7 Å². The van der Waals surface area contributed by atoms with Crippen molar-refractivity contribution in [3.8, 4) is 0 Å². The van der Waals surface area contributed by atoms with Gasteiger partial charge in [0.15, 0.2) is 11.5 Å². The van der Waals surface area contributed by atoms with E-state index in [1.165, 1.54) is 6.33 Å². The molecule has 3 saturated heterocycles. The molecule has 0 unspecified atom stereocenters. The van der Waals surface area contributed by atoms with Crippen LogP contribution in [-0.2, 0) is 11.3 Å². The van der Waals surface area contributed by atoms with E-state index in [2.05, 4.69) is 30.0 Å². The number of aromatic amines is 1. The highest BCUT2D eigenvalue weighted by molar-refractivity contribution is 5.85. The standard InChI is InChI=1S/C18H21N7O2/c1-10-14(11(2)27-23-10)7-25-13-4-3-12(18(25)26)5-24(6-13)17-15-16(20-8-19-15)21-9-22-17/h8-9,12-13H,3-7H2,1-2H3,(H,19,20,21,22)/t12-,13+/m0/s1. The summed E-state index contributed by atoms with van der Waals surface area (Å²) >= 11 is 0. The summed E-state index contributed by atoms with van der Waals surface area (Å²) in [5.74, 6) is 1.79. The highest BCUT2D eigenvalue weighted by Gasteiger charge is 2.41. The molecule has 27 heavy (non-hydrogen) atoms. The second kappa shape index (κ2) is 6.04. The van der Waals surface area contributed by atoms with Crippen molar-refractivity contribution in [3.63, 3.8) is 0 Å². The highest BCUT2D eigenvalue weighted by atomic mass is 16.5. The van der Waals surface area contributed by atoms with Crippen LogP contribution in [-0.4, -0.2) is 55.0 Å². The van der Waals surface area contributed by atoms with Gasteiger partial charge in [0.2, 0.25) is 5.91 Å². The number of carbonyl (C=O) groups excluding carboxylic acids is 1. The first-order chi connectivity index (χ1) is 13.1. The van der Waals surface area contributed by atoms with Gasteiger partial charge in [-0.05, 0) is 26.7 Å². The van der Waals surface area contributed by atoms with Gasteiger partial charge in [-0.15, -0.1) is 0 Å². The topological polar surface area (TPSA) is 104 Å². The smallest absolute Gasteiger partial charge is 0.228 e. The van der Waals surface area contributed by atoms with Crippen molar-refractivity contribution in [3.05, 3.63) is 29.7 Å². The van der Waals surface area contributed by atoms with Gasteiger partial charge in [0.05, 0.1) is 24.5 Å². The van der Waals surface area contributed by atoms with E-state index in [0.717, 1.165) is 47.7 Å². The van der Waals surface area contributed by atoms with Gasteiger partial charge in [0.25, 0.3) is 0 Å². The number of nitrogens with one attached hydrogen (secondary N) is 1. The van der Waals surface area contributed by atoms with E-state index < -0.39 is 0 Å². The number of nitrogens with zero attached hydrogens (tertiary/aromatic N) is 6. The molecule has 3 aliphatic heterocycles. The number of anilines is 1. The molecule has 1 amide bonds. The molecule has 0 aliphatic carbocycles. The van der Waals surface area contributed by atoms with Crippen molar-refractivity contribution in [2.45, 2.75) is 39.3 Å². The number of hydrogen-bond donors (Lipinski definition) is 1. The monoisotopic (exact) mass is 367 g/mol. The number of imidazole rings is 1. The zero-order valence-corrected chi connectivity index (χ0v) is 15.3. The van der Waals surface area contributed by atoms with Crippen LogP contribution in [0.1, 0.15) is 29.9 Å². The van der Waals surface area contributed by atoms with Gasteiger partial charge >= 0.3 is 0 Å². The fraction of sp³-hybridized carbons (Fsp3) is 0.500. The predicted molar refractivity (Wildman–Crippen MR) is 96.9 cm³/mol. The first kappa shape index (κ1) is 16.2. The summed E-state index contributed by atoms with van der Waals surface area (Å²) in [6.07, 6.45) is 5.07. The van der Waals surface area contributed by atoms with Crippen molar-refractivity contribution in [1.29, 1.82) is 0 Å². The third-order valence-electron chi connectivity index (χ3n) is 5.81. The van der Waals surface area contributed by atoms with Gasteiger partial charge in [0, 0.05) is 24.7 Å². The molecular weight excluding hydrogens is 346 g/mol.